The van der Waals surface area contributed by atoms with E-state index in [4.69, 9.17) is 9.47 Å². The molecule has 0 bridgehead atoms. The molecule has 6 heteroatoms. The smallest absolute Gasteiger partial charge is 0.267 e. The second-order valence-electron chi connectivity index (χ2n) is 5.23. The summed E-state index contributed by atoms with van der Waals surface area (Å²) in [4.78, 5) is 25.6. The van der Waals surface area contributed by atoms with Gasteiger partial charge in [-0.1, -0.05) is 12.1 Å². The first kappa shape index (κ1) is 13.7. The first-order chi connectivity index (χ1) is 10.1. The van der Waals surface area contributed by atoms with E-state index in [1.807, 2.05) is 25.1 Å². The highest BCUT2D eigenvalue weighted by Gasteiger charge is 2.37. The maximum atomic E-state index is 12.6. The number of fused-ring (bicyclic) bond motifs is 1. The highest BCUT2D eigenvalue weighted by molar-refractivity contribution is 5.84. The molecule has 1 aromatic carbocycles. The van der Waals surface area contributed by atoms with Gasteiger partial charge in [0.1, 0.15) is 6.10 Å². The molecule has 0 spiro atoms. The lowest BCUT2D eigenvalue weighted by molar-refractivity contribution is -0.144. The maximum absolute atomic E-state index is 12.6. The minimum atomic E-state index is -0.673. The van der Waals surface area contributed by atoms with Crippen molar-refractivity contribution in [2.24, 2.45) is 0 Å². The molecule has 2 atom stereocenters. The highest BCUT2D eigenvalue weighted by atomic mass is 16.6. The van der Waals surface area contributed by atoms with Crippen molar-refractivity contribution in [3.8, 4) is 11.5 Å². The maximum Gasteiger partial charge on any atom is 0.267 e. The summed E-state index contributed by atoms with van der Waals surface area (Å²) in [5, 5.41) is 2.75. The molecule has 2 aliphatic heterocycles. The van der Waals surface area contributed by atoms with Crippen LogP contribution in [0.5, 0.6) is 11.5 Å². The van der Waals surface area contributed by atoms with Gasteiger partial charge in [0.2, 0.25) is 12.0 Å². The van der Waals surface area contributed by atoms with E-state index in [9.17, 15) is 9.59 Å². The summed E-state index contributed by atoms with van der Waals surface area (Å²) in [5.74, 6) is 1.08. The van der Waals surface area contributed by atoms with Crippen LogP contribution in [0.4, 0.5) is 0 Å². The molecule has 0 saturated carbocycles. The number of ether oxygens (including phenoxy) is 2. The normalized spacial score (nSPS) is 25.0. The van der Waals surface area contributed by atoms with Crippen molar-refractivity contribution in [2.75, 3.05) is 19.6 Å². The lowest BCUT2D eigenvalue weighted by Gasteiger charge is -2.34. The van der Waals surface area contributed by atoms with E-state index >= 15 is 0 Å². The fourth-order valence-corrected chi connectivity index (χ4v) is 2.56. The van der Waals surface area contributed by atoms with E-state index in [1.54, 1.807) is 11.0 Å². The van der Waals surface area contributed by atoms with Gasteiger partial charge in [-0.25, -0.2) is 0 Å². The molecule has 0 radical (unpaired) electrons. The van der Waals surface area contributed by atoms with Crippen LogP contribution in [-0.2, 0) is 9.59 Å². The second-order valence-corrected chi connectivity index (χ2v) is 5.23. The van der Waals surface area contributed by atoms with Crippen molar-refractivity contribution in [3.05, 3.63) is 24.3 Å². The van der Waals surface area contributed by atoms with Crippen LogP contribution < -0.4 is 14.8 Å². The molecule has 1 N–H and O–H groups in total. The third-order valence-electron chi connectivity index (χ3n) is 3.71. The van der Waals surface area contributed by atoms with E-state index in [2.05, 4.69) is 5.32 Å². The SMILES string of the molecule is CC1Oc2ccccc2OC1C(=O)N1CCNC(=O)CC1. The Labute approximate surface area is 123 Å². The zero-order valence-corrected chi connectivity index (χ0v) is 11.9. The molecule has 2 amide bonds. The van der Waals surface area contributed by atoms with Gasteiger partial charge in [-0.15, -0.1) is 0 Å². The summed E-state index contributed by atoms with van der Waals surface area (Å²) in [6.07, 6.45) is -0.711. The summed E-state index contributed by atoms with van der Waals surface area (Å²) >= 11 is 0. The summed E-state index contributed by atoms with van der Waals surface area (Å²) in [6.45, 7) is 3.21. The fraction of sp³-hybridized carbons (Fsp3) is 0.467. The number of benzene rings is 1. The second kappa shape index (κ2) is 5.63. The van der Waals surface area contributed by atoms with E-state index in [1.165, 1.54) is 0 Å². The highest BCUT2D eigenvalue weighted by Crippen LogP contribution is 2.33. The Kier molecular flexibility index (Phi) is 3.68. The topological polar surface area (TPSA) is 67.9 Å². The summed E-state index contributed by atoms with van der Waals surface area (Å²) < 4.78 is 11.6. The van der Waals surface area contributed by atoms with Gasteiger partial charge in [0.25, 0.3) is 5.91 Å². The first-order valence-corrected chi connectivity index (χ1v) is 7.13. The van der Waals surface area contributed by atoms with Crippen molar-refractivity contribution >= 4 is 11.8 Å². The zero-order valence-electron chi connectivity index (χ0n) is 11.9. The first-order valence-electron chi connectivity index (χ1n) is 7.13. The van der Waals surface area contributed by atoms with Crippen LogP contribution in [-0.4, -0.2) is 48.6 Å². The van der Waals surface area contributed by atoms with Crippen molar-refractivity contribution in [2.45, 2.75) is 25.6 Å². The number of nitrogens with zero attached hydrogens (tertiary/aromatic N) is 1. The van der Waals surface area contributed by atoms with E-state index < -0.39 is 6.10 Å². The summed E-state index contributed by atoms with van der Waals surface area (Å²) in [7, 11) is 0. The van der Waals surface area contributed by atoms with E-state index in [-0.39, 0.29) is 17.9 Å². The molecule has 2 unspecified atom stereocenters. The molecule has 2 aliphatic rings. The Hall–Kier alpha value is -2.24. The van der Waals surface area contributed by atoms with Gasteiger partial charge < -0.3 is 19.7 Å². The van der Waals surface area contributed by atoms with Gasteiger partial charge in [0, 0.05) is 26.1 Å². The van der Waals surface area contributed by atoms with Crippen LogP contribution in [0.25, 0.3) is 0 Å². The minimum Gasteiger partial charge on any atom is -0.482 e. The van der Waals surface area contributed by atoms with Gasteiger partial charge in [0.15, 0.2) is 11.5 Å². The van der Waals surface area contributed by atoms with Crippen LogP contribution in [0.15, 0.2) is 24.3 Å². The number of hydrogen-bond donors (Lipinski definition) is 1. The van der Waals surface area contributed by atoms with Gasteiger partial charge in [-0.3, -0.25) is 9.59 Å². The zero-order chi connectivity index (χ0) is 14.8. The van der Waals surface area contributed by atoms with Gasteiger partial charge in [0.05, 0.1) is 0 Å². The monoisotopic (exact) mass is 290 g/mol. The summed E-state index contributed by atoms with van der Waals surface area (Å²) in [6, 6.07) is 7.31. The van der Waals surface area contributed by atoms with Gasteiger partial charge in [-0.05, 0) is 19.1 Å². The van der Waals surface area contributed by atoms with Gasteiger partial charge >= 0.3 is 0 Å². The average molecular weight is 290 g/mol. The third kappa shape index (κ3) is 2.79. The van der Waals surface area contributed by atoms with Crippen LogP contribution in [0.1, 0.15) is 13.3 Å². The molecule has 2 heterocycles. The summed E-state index contributed by atoms with van der Waals surface area (Å²) in [5.41, 5.74) is 0. The standard InChI is InChI=1S/C15H18N2O4/c1-10-14(21-12-5-3-2-4-11(12)20-10)15(19)17-8-6-13(18)16-7-9-17/h2-5,10,14H,6-9H2,1H3,(H,16,18). The molecule has 21 heavy (non-hydrogen) atoms. The number of nitrogens with one attached hydrogen (secondary N) is 1. The number of amides is 2. The predicted octanol–water partition coefficient (Wildman–Crippen LogP) is 0.563. The van der Waals surface area contributed by atoms with E-state index in [0.29, 0.717) is 37.6 Å². The van der Waals surface area contributed by atoms with Crippen LogP contribution >= 0.6 is 0 Å². The Balaban J connectivity index is 1.74. The van der Waals surface area contributed by atoms with Gasteiger partial charge in [-0.2, -0.15) is 0 Å². The molecule has 6 nitrogen and oxygen atoms in total. The fourth-order valence-electron chi connectivity index (χ4n) is 2.56. The molecule has 0 aliphatic carbocycles. The van der Waals surface area contributed by atoms with Crippen molar-refractivity contribution in [3.63, 3.8) is 0 Å². The molecular weight excluding hydrogens is 272 g/mol. The number of para-hydroxylation sites is 2. The van der Waals surface area contributed by atoms with Crippen molar-refractivity contribution < 1.29 is 19.1 Å². The molecule has 3 rings (SSSR count). The molecule has 1 fully saturated rings. The Morgan fingerprint density at radius 1 is 1.24 bits per heavy atom. The Morgan fingerprint density at radius 2 is 1.95 bits per heavy atom. The largest absolute Gasteiger partial charge is 0.482 e. The van der Waals surface area contributed by atoms with E-state index in [0.717, 1.165) is 0 Å². The number of carbonyl (C=O) groups excluding carboxylic acids is 2. The predicted molar refractivity (Wildman–Crippen MR) is 75.2 cm³/mol. The number of rotatable bonds is 1. The molecule has 1 saturated heterocycles. The van der Waals surface area contributed by atoms with Crippen LogP contribution in [0.3, 0.4) is 0 Å². The molecule has 0 aromatic heterocycles. The van der Waals surface area contributed by atoms with Crippen molar-refractivity contribution in [1.29, 1.82) is 0 Å². The quantitative estimate of drug-likeness (QED) is 0.821. The van der Waals surface area contributed by atoms with Crippen LogP contribution in [0, 0.1) is 0 Å². The number of carbonyl (C=O) groups is 2. The van der Waals surface area contributed by atoms with Crippen LogP contribution in [0.2, 0.25) is 0 Å². The Morgan fingerprint density at radius 3 is 2.71 bits per heavy atom. The third-order valence-corrected chi connectivity index (χ3v) is 3.71. The average Bonchev–Trinajstić information content (AvgIpc) is 2.70. The lowest BCUT2D eigenvalue weighted by Crippen LogP contribution is -2.51. The molecule has 112 valence electrons. The number of hydrogen-bond acceptors (Lipinski definition) is 4. The molecule has 1 aromatic rings. The minimum absolute atomic E-state index is 0.0236. The van der Waals surface area contributed by atoms with Crippen molar-refractivity contribution in [1.82, 2.24) is 10.2 Å². The molecular formula is C15H18N2O4. The Bertz CT molecular complexity index is 560. The lowest BCUT2D eigenvalue weighted by atomic mass is 10.1.